The smallest absolute Gasteiger partial charge is 0.283 e. The van der Waals surface area contributed by atoms with Crippen molar-refractivity contribution in [3.05, 3.63) is 56.5 Å². The maximum atomic E-state index is 13.1. The van der Waals surface area contributed by atoms with Gasteiger partial charge in [-0.2, -0.15) is 5.10 Å². The zero-order valence-electron chi connectivity index (χ0n) is 14.7. The predicted octanol–water partition coefficient (Wildman–Crippen LogP) is 5.00. The van der Waals surface area contributed by atoms with Gasteiger partial charge in [-0.25, -0.2) is 27.2 Å². The number of rotatable bonds is 7. The van der Waals surface area contributed by atoms with Crippen molar-refractivity contribution in [2.24, 2.45) is 0 Å². The molecule has 14 heteroatoms. The van der Waals surface area contributed by atoms with E-state index in [1.165, 1.54) is 11.0 Å². The molecule has 0 fully saturated rings. The van der Waals surface area contributed by atoms with E-state index in [0.717, 1.165) is 5.56 Å². The summed E-state index contributed by atoms with van der Waals surface area (Å²) in [5.74, 6) is -0.977. The summed E-state index contributed by atoms with van der Waals surface area (Å²) in [4.78, 5) is 16.0. The first kappa shape index (κ1) is 22.3. The molecule has 3 aromatic rings. The van der Waals surface area contributed by atoms with E-state index in [1.54, 1.807) is 18.2 Å². The number of benzene rings is 1. The summed E-state index contributed by atoms with van der Waals surface area (Å²) in [5.41, 5.74) is -1.23. The predicted molar refractivity (Wildman–Crippen MR) is 101 cm³/mol. The van der Waals surface area contributed by atoms with Crippen molar-refractivity contribution >= 4 is 46.7 Å². The molecule has 1 aromatic carbocycles. The second kappa shape index (κ2) is 9.19. The summed E-state index contributed by atoms with van der Waals surface area (Å²) >= 11 is 17.3. The first-order valence-electron chi connectivity index (χ1n) is 8.11. The minimum atomic E-state index is -3.20. The minimum absolute atomic E-state index is 0.119. The number of amides is 1. The highest BCUT2D eigenvalue weighted by Crippen LogP contribution is 2.34. The van der Waals surface area contributed by atoms with Gasteiger partial charge in [0.05, 0.1) is 21.6 Å². The summed E-state index contributed by atoms with van der Waals surface area (Å²) in [6.45, 7) is -0.519. The zero-order valence-corrected chi connectivity index (χ0v) is 16.9. The number of nitrogens with zero attached hydrogens (tertiary/aromatic N) is 5. The van der Waals surface area contributed by atoms with Crippen molar-refractivity contribution in [2.45, 2.75) is 25.9 Å². The molecule has 0 aliphatic carbocycles. The van der Waals surface area contributed by atoms with E-state index in [9.17, 15) is 22.4 Å². The van der Waals surface area contributed by atoms with Crippen LogP contribution in [-0.2, 0) is 17.9 Å². The lowest BCUT2D eigenvalue weighted by Gasteiger charge is -2.06. The van der Waals surface area contributed by atoms with Gasteiger partial charge in [-0.3, -0.25) is 14.8 Å². The Morgan fingerprint density at radius 1 is 1.07 bits per heavy atom. The third-order valence-corrected chi connectivity index (χ3v) is 4.91. The fourth-order valence-electron chi connectivity index (χ4n) is 2.49. The Hall–Kier alpha value is -2.37. The third kappa shape index (κ3) is 5.02. The van der Waals surface area contributed by atoms with Crippen LogP contribution in [0.15, 0.2) is 24.5 Å². The van der Waals surface area contributed by atoms with E-state index < -0.39 is 41.7 Å². The molecular formula is C16H11Cl3F4N6O. The maximum Gasteiger partial charge on any atom is 0.283 e. The lowest BCUT2D eigenvalue weighted by atomic mass is 10.2. The van der Waals surface area contributed by atoms with Gasteiger partial charge in [-0.05, 0) is 17.7 Å². The second-order valence-corrected chi connectivity index (χ2v) is 7.10. The number of aromatic nitrogens is 5. The monoisotopic (exact) mass is 484 g/mol. The van der Waals surface area contributed by atoms with Crippen molar-refractivity contribution in [3.8, 4) is 0 Å². The average Bonchev–Trinajstić information content (AvgIpc) is 3.22. The summed E-state index contributed by atoms with van der Waals surface area (Å²) < 4.78 is 53.8. The highest BCUT2D eigenvalue weighted by Gasteiger charge is 2.28. The molecule has 160 valence electrons. The first-order valence-corrected chi connectivity index (χ1v) is 9.24. The van der Waals surface area contributed by atoms with E-state index in [2.05, 4.69) is 20.5 Å². The molecule has 0 saturated carbocycles. The number of carbonyl (C=O) groups is 1. The molecule has 0 bridgehead atoms. The summed E-state index contributed by atoms with van der Waals surface area (Å²) in [6, 6.07) is 4.97. The Kier molecular flexibility index (Phi) is 6.84. The number of anilines is 1. The van der Waals surface area contributed by atoms with E-state index in [1.807, 2.05) is 0 Å². The van der Waals surface area contributed by atoms with Crippen molar-refractivity contribution in [3.63, 3.8) is 0 Å². The number of halogens is 7. The molecule has 1 N–H and O–H groups in total. The second-order valence-electron chi connectivity index (χ2n) is 5.91. The van der Waals surface area contributed by atoms with Crippen LogP contribution in [0, 0.1) is 0 Å². The molecule has 1 amide bonds. The quantitative estimate of drug-likeness (QED) is 0.478. The first-order chi connectivity index (χ1) is 14.2. The zero-order chi connectivity index (χ0) is 22.0. The van der Waals surface area contributed by atoms with Gasteiger partial charge in [0.1, 0.15) is 24.3 Å². The summed E-state index contributed by atoms with van der Waals surface area (Å²) in [7, 11) is 0. The molecule has 0 aliphatic heterocycles. The average molecular weight is 486 g/mol. The molecule has 0 unspecified atom stereocenters. The van der Waals surface area contributed by atoms with Gasteiger partial charge in [0.15, 0.2) is 0 Å². The van der Waals surface area contributed by atoms with Gasteiger partial charge < -0.3 is 0 Å². The Bertz CT molecular complexity index is 1070. The molecule has 2 aromatic heterocycles. The fourth-order valence-corrected chi connectivity index (χ4v) is 3.12. The van der Waals surface area contributed by atoms with Crippen LogP contribution in [0.25, 0.3) is 0 Å². The number of carbonyl (C=O) groups excluding carboxylic acids is 1. The number of alkyl halides is 4. The molecule has 0 radical (unpaired) electrons. The van der Waals surface area contributed by atoms with E-state index >= 15 is 0 Å². The molecule has 0 saturated heterocycles. The van der Waals surface area contributed by atoms with Gasteiger partial charge >= 0.3 is 0 Å². The molecule has 7 nitrogen and oxygen atoms in total. The van der Waals surface area contributed by atoms with Crippen LogP contribution in [0.1, 0.15) is 29.8 Å². The SMILES string of the molecule is O=C(Cn1nc(C(F)F)c(Cl)c1C(F)F)Nc1ncn(Cc2ccc(Cl)c(Cl)c2)n1. The van der Waals surface area contributed by atoms with Crippen molar-refractivity contribution in [2.75, 3.05) is 5.32 Å². The van der Waals surface area contributed by atoms with Gasteiger partial charge in [0, 0.05) is 0 Å². The molecule has 3 rings (SSSR count). The molecule has 30 heavy (non-hydrogen) atoms. The lowest BCUT2D eigenvalue weighted by Crippen LogP contribution is -2.22. The minimum Gasteiger partial charge on any atom is -0.292 e. The van der Waals surface area contributed by atoms with Crippen molar-refractivity contribution in [1.82, 2.24) is 24.5 Å². The molecule has 0 atom stereocenters. The normalized spacial score (nSPS) is 11.5. The Morgan fingerprint density at radius 3 is 2.43 bits per heavy atom. The van der Waals surface area contributed by atoms with Gasteiger partial charge in [-0.15, -0.1) is 5.10 Å². The van der Waals surface area contributed by atoms with Gasteiger partial charge in [-0.1, -0.05) is 40.9 Å². The summed E-state index contributed by atoms with van der Waals surface area (Å²) in [5, 5.41) is 9.48. The van der Waals surface area contributed by atoms with Crippen LogP contribution in [0.2, 0.25) is 15.1 Å². The molecule has 0 aliphatic rings. The number of nitrogens with one attached hydrogen (secondary N) is 1. The van der Waals surface area contributed by atoms with Crippen molar-refractivity contribution in [1.29, 1.82) is 0 Å². The Morgan fingerprint density at radius 2 is 1.80 bits per heavy atom. The Labute approximate surface area is 181 Å². The topological polar surface area (TPSA) is 77.6 Å². The summed E-state index contributed by atoms with van der Waals surface area (Å²) in [6.07, 6.45) is -5.05. The van der Waals surface area contributed by atoms with E-state index in [0.29, 0.717) is 14.7 Å². The van der Waals surface area contributed by atoms with E-state index in [4.69, 9.17) is 34.8 Å². The van der Waals surface area contributed by atoms with E-state index in [-0.39, 0.29) is 12.5 Å². The third-order valence-electron chi connectivity index (χ3n) is 3.78. The largest absolute Gasteiger partial charge is 0.292 e. The standard InChI is InChI=1S/C16H11Cl3F4N6O/c17-8-2-1-7(3-9(8)18)4-28-6-24-16(27-28)25-10(30)5-29-13(15(22)23)11(19)12(26-29)14(20)21/h1-3,6,14-15H,4-5H2,(H,25,27,30). The molecule has 0 spiro atoms. The molecule has 2 heterocycles. The number of hydrogen-bond donors (Lipinski definition) is 1. The van der Waals surface area contributed by atoms with Crippen LogP contribution in [-0.4, -0.2) is 30.5 Å². The van der Waals surface area contributed by atoms with Crippen LogP contribution in [0.3, 0.4) is 0 Å². The maximum absolute atomic E-state index is 13.1. The van der Waals surface area contributed by atoms with Crippen LogP contribution < -0.4 is 5.32 Å². The van der Waals surface area contributed by atoms with Crippen LogP contribution in [0.5, 0.6) is 0 Å². The van der Waals surface area contributed by atoms with Gasteiger partial charge in [0.2, 0.25) is 11.9 Å². The van der Waals surface area contributed by atoms with Crippen LogP contribution >= 0.6 is 34.8 Å². The number of hydrogen-bond acceptors (Lipinski definition) is 4. The highest BCUT2D eigenvalue weighted by atomic mass is 35.5. The van der Waals surface area contributed by atoms with Crippen molar-refractivity contribution < 1.29 is 22.4 Å². The van der Waals surface area contributed by atoms with Gasteiger partial charge in [0.25, 0.3) is 12.9 Å². The van der Waals surface area contributed by atoms with Crippen LogP contribution in [0.4, 0.5) is 23.5 Å². The highest BCUT2D eigenvalue weighted by molar-refractivity contribution is 6.42. The molecular weight excluding hydrogens is 475 g/mol. The Balaban J connectivity index is 1.69. The fraction of sp³-hybridized carbons (Fsp3) is 0.250. The lowest BCUT2D eigenvalue weighted by molar-refractivity contribution is -0.117.